The Morgan fingerprint density at radius 3 is 2.66 bits per heavy atom. The molecule has 0 N–H and O–H groups in total. The number of carbonyl (C=O) groups excluding carboxylic acids is 2. The first-order valence-corrected chi connectivity index (χ1v) is 10.3. The van der Waals surface area contributed by atoms with Crippen molar-refractivity contribution in [3.05, 3.63) is 42.4 Å². The van der Waals surface area contributed by atoms with Crippen LogP contribution in [0.3, 0.4) is 0 Å². The van der Waals surface area contributed by atoms with Gasteiger partial charge in [0.1, 0.15) is 0 Å². The summed E-state index contributed by atoms with van der Waals surface area (Å²) in [5, 5.41) is 0. The van der Waals surface area contributed by atoms with Crippen molar-refractivity contribution in [1.29, 1.82) is 0 Å². The average molecular weight is 397 g/mol. The van der Waals surface area contributed by atoms with E-state index in [2.05, 4.69) is 4.98 Å². The quantitative estimate of drug-likeness (QED) is 0.774. The first-order valence-electron chi connectivity index (χ1n) is 10.3. The fourth-order valence-electron chi connectivity index (χ4n) is 3.98. The predicted octanol–water partition coefficient (Wildman–Crippen LogP) is 2.37. The van der Waals surface area contributed by atoms with Crippen molar-refractivity contribution in [2.75, 3.05) is 39.4 Å². The highest BCUT2D eigenvalue weighted by molar-refractivity contribution is 5.81. The maximum absolute atomic E-state index is 12.7. The van der Waals surface area contributed by atoms with E-state index in [1.54, 1.807) is 6.20 Å². The molecule has 0 spiro atoms. The summed E-state index contributed by atoms with van der Waals surface area (Å²) < 4.78 is 11.1. The zero-order valence-corrected chi connectivity index (χ0v) is 16.6. The van der Waals surface area contributed by atoms with Crippen molar-refractivity contribution >= 4 is 11.8 Å². The number of likely N-dealkylation sites (tertiary alicyclic amines) is 1. The van der Waals surface area contributed by atoms with Crippen molar-refractivity contribution in [3.63, 3.8) is 0 Å². The first-order chi connectivity index (χ1) is 14.2. The lowest BCUT2D eigenvalue weighted by atomic mass is 9.96. The van der Waals surface area contributed by atoms with Crippen LogP contribution in [-0.4, -0.2) is 66.0 Å². The second-order valence-corrected chi connectivity index (χ2v) is 7.60. The number of benzene rings is 1. The number of rotatable bonds is 5. The average Bonchev–Trinajstić information content (AvgIpc) is 3.27. The zero-order chi connectivity index (χ0) is 20.1. The van der Waals surface area contributed by atoms with Crippen LogP contribution in [0.1, 0.15) is 25.2 Å². The highest BCUT2D eigenvalue weighted by atomic mass is 16.5. The van der Waals surface area contributed by atoms with E-state index in [0.717, 1.165) is 18.4 Å². The van der Waals surface area contributed by atoms with Crippen LogP contribution in [-0.2, 0) is 20.7 Å². The van der Waals surface area contributed by atoms with Crippen molar-refractivity contribution in [3.8, 4) is 11.3 Å². The van der Waals surface area contributed by atoms with Crippen LogP contribution in [0.2, 0.25) is 0 Å². The monoisotopic (exact) mass is 397 g/mol. The van der Waals surface area contributed by atoms with E-state index in [1.165, 1.54) is 0 Å². The molecule has 1 unspecified atom stereocenters. The summed E-state index contributed by atoms with van der Waals surface area (Å²) >= 11 is 0. The van der Waals surface area contributed by atoms with Gasteiger partial charge in [0, 0.05) is 44.6 Å². The second-order valence-electron chi connectivity index (χ2n) is 7.60. The molecule has 0 radical (unpaired) electrons. The molecule has 7 nitrogen and oxygen atoms in total. The molecule has 1 aromatic heterocycles. The van der Waals surface area contributed by atoms with Crippen molar-refractivity contribution in [2.24, 2.45) is 5.92 Å². The number of piperidine rings is 1. The molecule has 0 saturated carbocycles. The Morgan fingerprint density at radius 1 is 1.07 bits per heavy atom. The lowest BCUT2D eigenvalue weighted by Crippen LogP contribution is -2.49. The van der Waals surface area contributed by atoms with Crippen LogP contribution in [0.4, 0.5) is 0 Å². The van der Waals surface area contributed by atoms with Gasteiger partial charge >= 0.3 is 0 Å². The number of nitrogens with zero attached hydrogens (tertiary/aromatic N) is 3. The Labute approximate surface area is 170 Å². The number of hydrogen-bond donors (Lipinski definition) is 0. The predicted molar refractivity (Wildman–Crippen MR) is 107 cm³/mol. The molecule has 2 fully saturated rings. The summed E-state index contributed by atoms with van der Waals surface area (Å²) in [6.45, 7) is 3.72. The van der Waals surface area contributed by atoms with E-state index in [9.17, 15) is 9.59 Å². The minimum absolute atomic E-state index is 0.0592. The molecule has 2 saturated heterocycles. The molecule has 0 bridgehead atoms. The number of carbonyl (C=O) groups is 2. The summed E-state index contributed by atoms with van der Waals surface area (Å²) in [6, 6.07) is 9.79. The molecular formula is C22H27N3O4. The minimum Gasteiger partial charge on any atom is -0.441 e. The Balaban J connectivity index is 1.29. The van der Waals surface area contributed by atoms with Gasteiger partial charge in [-0.05, 0) is 12.8 Å². The van der Waals surface area contributed by atoms with Gasteiger partial charge in [-0.25, -0.2) is 4.98 Å². The van der Waals surface area contributed by atoms with Crippen LogP contribution < -0.4 is 0 Å². The summed E-state index contributed by atoms with van der Waals surface area (Å²) in [4.78, 5) is 33.5. The molecule has 29 heavy (non-hydrogen) atoms. The fraction of sp³-hybridized carbons (Fsp3) is 0.500. The molecule has 2 aliphatic rings. The molecule has 0 aliphatic carbocycles. The molecule has 154 valence electrons. The van der Waals surface area contributed by atoms with Gasteiger partial charge in [-0.1, -0.05) is 30.3 Å². The van der Waals surface area contributed by atoms with Crippen molar-refractivity contribution in [2.45, 2.75) is 25.7 Å². The number of hydrogen-bond acceptors (Lipinski definition) is 5. The second kappa shape index (κ2) is 9.22. The molecule has 7 heteroatoms. The number of aryl methyl sites for hydroxylation is 1. The Bertz CT molecular complexity index is 830. The molecule has 3 heterocycles. The van der Waals surface area contributed by atoms with Crippen LogP contribution in [0.25, 0.3) is 11.3 Å². The first kappa shape index (κ1) is 19.6. The van der Waals surface area contributed by atoms with Gasteiger partial charge in [0.15, 0.2) is 11.7 Å². The molecule has 2 aliphatic heterocycles. The molecule has 1 atom stereocenters. The molecule has 2 amide bonds. The number of amides is 2. The van der Waals surface area contributed by atoms with E-state index in [1.807, 2.05) is 40.1 Å². The number of morpholine rings is 1. The third-order valence-electron chi connectivity index (χ3n) is 5.61. The maximum Gasteiger partial charge on any atom is 0.227 e. The minimum atomic E-state index is -0.0998. The smallest absolute Gasteiger partial charge is 0.227 e. The van der Waals surface area contributed by atoms with Gasteiger partial charge in [-0.3, -0.25) is 9.59 Å². The van der Waals surface area contributed by atoms with E-state index >= 15 is 0 Å². The lowest BCUT2D eigenvalue weighted by molar-refractivity contribution is -0.144. The van der Waals surface area contributed by atoms with Gasteiger partial charge in [0.05, 0.1) is 25.3 Å². The van der Waals surface area contributed by atoms with E-state index < -0.39 is 0 Å². The Morgan fingerprint density at radius 2 is 1.86 bits per heavy atom. The summed E-state index contributed by atoms with van der Waals surface area (Å²) in [6.07, 6.45) is 4.22. The molecule has 2 aromatic rings. The van der Waals surface area contributed by atoms with Crippen molar-refractivity contribution < 1.29 is 18.7 Å². The summed E-state index contributed by atoms with van der Waals surface area (Å²) in [5.74, 6) is 1.39. The topological polar surface area (TPSA) is 75.9 Å². The van der Waals surface area contributed by atoms with E-state index in [-0.39, 0.29) is 17.7 Å². The van der Waals surface area contributed by atoms with Crippen molar-refractivity contribution in [1.82, 2.24) is 14.8 Å². The summed E-state index contributed by atoms with van der Waals surface area (Å²) in [7, 11) is 0. The van der Waals surface area contributed by atoms with Crippen LogP contribution in [0, 0.1) is 5.92 Å². The number of ether oxygens (including phenoxy) is 1. The van der Waals surface area contributed by atoms with Crippen LogP contribution in [0.15, 0.2) is 40.9 Å². The van der Waals surface area contributed by atoms with Crippen LogP contribution in [0.5, 0.6) is 0 Å². The van der Waals surface area contributed by atoms with E-state index in [4.69, 9.17) is 9.15 Å². The molecule has 1 aromatic carbocycles. The number of oxazole rings is 1. The largest absolute Gasteiger partial charge is 0.441 e. The fourth-order valence-corrected chi connectivity index (χ4v) is 3.98. The van der Waals surface area contributed by atoms with E-state index in [0.29, 0.717) is 63.9 Å². The van der Waals surface area contributed by atoms with Gasteiger partial charge in [-0.15, -0.1) is 0 Å². The van der Waals surface area contributed by atoms with Crippen LogP contribution >= 0.6 is 0 Å². The van der Waals surface area contributed by atoms with Gasteiger partial charge in [0.25, 0.3) is 0 Å². The third kappa shape index (κ3) is 4.85. The highest BCUT2D eigenvalue weighted by Crippen LogP contribution is 2.22. The third-order valence-corrected chi connectivity index (χ3v) is 5.61. The summed E-state index contributed by atoms with van der Waals surface area (Å²) in [5.41, 5.74) is 0.970. The highest BCUT2D eigenvalue weighted by Gasteiger charge is 2.31. The van der Waals surface area contributed by atoms with Gasteiger partial charge in [-0.2, -0.15) is 0 Å². The van der Waals surface area contributed by atoms with Gasteiger partial charge < -0.3 is 19.0 Å². The number of aromatic nitrogens is 1. The SMILES string of the molecule is O=C(CCc1ncc(-c2ccccc2)o1)N1CCCC(C(=O)N2CCOCC2)C1. The molecular weight excluding hydrogens is 370 g/mol. The Kier molecular flexibility index (Phi) is 6.24. The standard InChI is InChI=1S/C22H27N3O4/c26-21(9-8-20-23-15-19(29-20)17-5-2-1-3-6-17)25-10-4-7-18(16-25)22(27)24-11-13-28-14-12-24/h1-3,5-6,15,18H,4,7-14,16H2. The Hall–Kier alpha value is -2.67. The maximum atomic E-state index is 12.7. The molecule has 4 rings (SSSR count). The normalized spacial score (nSPS) is 19.9. The lowest BCUT2D eigenvalue weighted by Gasteiger charge is -2.36. The zero-order valence-electron chi connectivity index (χ0n) is 16.6. The van der Waals surface area contributed by atoms with Gasteiger partial charge in [0.2, 0.25) is 11.8 Å².